The first-order valence-electron chi connectivity index (χ1n) is 8.13. The van der Waals surface area contributed by atoms with Crippen LogP contribution in [0, 0.1) is 5.92 Å². The minimum Gasteiger partial charge on any atom is -0.312 e. The van der Waals surface area contributed by atoms with Crippen LogP contribution in [0.15, 0.2) is 0 Å². The van der Waals surface area contributed by atoms with E-state index < -0.39 is 0 Å². The van der Waals surface area contributed by atoms with Crippen molar-refractivity contribution in [3.05, 3.63) is 15.6 Å². The van der Waals surface area contributed by atoms with Gasteiger partial charge in [-0.3, -0.25) is 4.90 Å². The lowest BCUT2D eigenvalue weighted by atomic mass is 9.99. The Morgan fingerprint density at radius 1 is 1.30 bits per heavy atom. The molecule has 3 nitrogen and oxygen atoms in total. The van der Waals surface area contributed by atoms with E-state index >= 15 is 0 Å². The Balaban J connectivity index is 1.91. The first-order chi connectivity index (χ1) is 9.72. The highest BCUT2D eigenvalue weighted by atomic mass is 32.1. The molecule has 0 atom stereocenters. The highest BCUT2D eigenvalue weighted by Crippen LogP contribution is 2.23. The van der Waals surface area contributed by atoms with Crippen LogP contribution in [0.1, 0.15) is 55.6 Å². The van der Waals surface area contributed by atoms with Crippen LogP contribution < -0.4 is 5.32 Å². The van der Waals surface area contributed by atoms with Crippen LogP contribution in [0.5, 0.6) is 0 Å². The van der Waals surface area contributed by atoms with Crippen LogP contribution in [-0.4, -0.2) is 29.5 Å². The summed E-state index contributed by atoms with van der Waals surface area (Å²) in [5.41, 5.74) is 1.30. The molecule has 0 bridgehead atoms. The van der Waals surface area contributed by atoms with E-state index in [9.17, 15) is 0 Å². The fraction of sp³-hybridized carbons (Fsp3) is 0.812. The van der Waals surface area contributed by atoms with Crippen molar-refractivity contribution >= 4 is 11.3 Å². The normalized spacial score (nSPS) is 17.8. The summed E-state index contributed by atoms with van der Waals surface area (Å²) in [6, 6.07) is 0. The monoisotopic (exact) mass is 295 g/mol. The zero-order valence-electron chi connectivity index (χ0n) is 13.2. The molecule has 2 rings (SSSR count). The Bertz CT molecular complexity index is 394. The molecule has 1 aliphatic heterocycles. The second kappa shape index (κ2) is 8.11. The number of nitrogens with one attached hydrogen (secondary N) is 1. The van der Waals surface area contributed by atoms with E-state index in [4.69, 9.17) is 4.98 Å². The fourth-order valence-electron chi connectivity index (χ4n) is 2.71. The minimum atomic E-state index is 0.905. The summed E-state index contributed by atoms with van der Waals surface area (Å²) in [6.45, 7) is 12.4. The number of rotatable bonds is 7. The maximum Gasteiger partial charge on any atom is 0.107 e. The lowest BCUT2D eigenvalue weighted by molar-refractivity contribution is 0.185. The largest absolute Gasteiger partial charge is 0.312 e. The zero-order valence-corrected chi connectivity index (χ0v) is 14.1. The molecule has 0 aliphatic carbocycles. The Labute approximate surface area is 127 Å². The van der Waals surface area contributed by atoms with Gasteiger partial charge in [0, 0.05) is 11.4 Å². The highest BCUT2D eigenvalue weighted by molar-refractivity contribution is 7.11. The van der Waals surface area contributed by atoms with Gasteiger partial charge in [-0.15, -0.1) is 11.3 Å². The van der Waals surface area contributed by atoms with Crippen molar-refractivity contribution in [3.8, 4) is 0 Å². The number of aryl methyl sites for hydroxylation is 1. The lowest BCUT2D eigenvalue weighted by Gasteiger charge is -2.29. The average Bonchev–Trinajstić information content (AvgIpc) is 2.84. The number of likely N-dealkylation sites (tertiary alicyclic amines) is 1. The number of hydrogen-bond acceptors (Lipinski definition) is 4. The summed E-state index contributed by atoms with van der Waals surface area (Å²) < 4.78 is 0. The Hall–Kier alpha value is -0.450. The predicted molar refractivity (Wildman–Crippen MR) is 87.2 cm³/mol. The van der Waals surface area contributed by atoms with Gasteiger partial charge in [-0.2, -0.15) is 0 Å². The molecule has 0 saturated carbocycles. The summed E-state index contributed by atoms with van der Waals surface area (Å²) >= 11 is 1.91. The molecular formula is C16H29N3S. The molecule has 1 fully saturated rings. The van der Waals surface area contributed by atoms with Gasteiger partial charge in [0.1, 0.15) is 5.01 Å². The molecule has 0 spiro atoms. The first-order valence-corrected chi connectivity index (χ1v) is 8.95. The molecule has 1 aromatic rings. The van der Waals surface area contributed by atoms with E-state index in [0.29, 0.717) is 0 Å². The first kappa shape index (κ1) is 15.9. The van der Waals surface area contributed by atoms with Gasteiger partial charge in [-0.25, -0.2) is 4.98 Å². The zero-order chi connectivity index (χ0) is 14.4. The summed E-state index contributed by atoms with van der Waals surface area (Å²) in [5, 5.41) is 4.82. The quantitative estimate of drug-likeness (QED) is 0.781. The fourth-order valence-corrected chi connectivity index (χ4v) is 3.88. The molecule has 2 heterocycles. The van der Waals surface area contributed by atoms with E-state index in [1.54, 1.807) is 0 Å². The Morgan fingerprint density at radius 2 is 2.05 bits per heavy atom. The number of thiazole rings is 1. The molecular weight excluding hydrogens is 266 g/mol. The van der Waals surface area contributed by atoms with Crippen molar-refractivity contribution < 1.29 is 0 Å². The molecule has 20 heavy (non-hydrogen) atoms. The van der Waals surface area contributed by atoms with Crippen molar-refractivity contribution in [3.63, 3.8) is 0 Å². The second-order valence-corrected chi connectivity index (χ2v) is 7.13. The molecule has 0 aromatic carbocycles. The van der Waals surface area contributed by atoms with Crippen LogP contribution in [0.2, 0.25) is 0 Å². The van der Waals surface area contributed by atoms with Gasteiger partial charge in [0.15, 0.2) is 0 Å². The predicted octanol–water partition coefficient (Wildman–Crippen LogP) is 3.44. The van der Waals surface area contributed by atoms with Crippen molar-refractivity contribution in [1.29, 1.82) is 0 Å². The Kier molecular flexibility index (Phi) is 6.46. The van der Waals surface area contributed by atoms with E-state index in [2.05, 4.69) is 31.0 Å². The molecule has 114 valence electrons. The van der Waals surface area contributed by atoms with Gasteiger partial charge < -0.3 is 5.32 Å². The molecule has 4 heteroatoms. The summed E-state index contributed by atoms with van der Waals surface area (Å²) in [4.78, 5) is 8.87. The number of hydrogen-bond donors (Lipinski definition) is 1. The standard InChI is InChI=1S/C16H29N3S/c1-4-8-17-11-15-14(5-2)18-16(20-15)12-19-9-6-13(3)7-10-19/h13,17H,4-12H2,1-3H3. The van der Waals surface area contributed by atoms with Crippen LogP contribution in [0.4, 0.5) is 0 Å². The minimum absolute atomic E-state index is 0.905. The molecule has 0 unspecified atom stereocenters. The number of nitrogens with zero attached hydrogens (tertiary/aromatic N) is 2. The van der Waals surface area contributed by atoms with E-state index in [-0.39, 0.29) is 0 Å². The van der Waals surface area contributed by atoms with E-state index in [1.165, 1.54) is 47.9 Å². The molecule has 1 saturated heterocycles. The van der Waals surface area contributed by atoms with E-state index in [0.717, 1.165) is 32.0 Å². The summed E-state index contributed by atoms with van der Waals surface area (Å²) in [7, 11) is 0. The lowest BCUT2D eigenvalue weighted by Crippen LogP contribution is -2.32. The third-order valence-electron chi connectivity index (χ3n) is 4.10. The highest BCUT2D eigenvalue weighted by Gasteiger charge is 2.18. The van der Waals surface area contributed by atoms with Crippen LogP contribution in [0.3, 0.4) is 0 Å². The van der Waals surface area contributed by atoms with Crippen molar-refractivity contribution in [2.24, 2.45) is 5.92 Å². The van der Waals surface area contributed by atoms with Gasteiger partial charge in [0.2, 0.25) is 0 Å². The number of aromatic nitrogens is 1. The van der Waals surface area contributed by atoms with Crippen molar-refractivity contribution in [2.45, 2.75) is 59.5 Å². The van der Waals surface area contributed by atoms with Gasteiger partial charge in [-0.05, 0) is 51.2 Å². The van der Waals surface area contributed by atoms with Crippen LogP contribution >= 0.6 is 11.3 Å². The number of piperidine rings is 1. The van der Waals surface area contributed by atoms with Gasteiger partial charge in [-0.1, -0.05) is 20.8 Å². The maximum absolute atomic E-state index is 4.86. The summed E-state index contributed by atoms with van der Waals surface area (Å²) in [6.07, 6.45) is 4.93. The second-order valence-electron chi connectivity index (χ2n) is 5.97. The van der Waals surface area contributed by atoms with Gasteiger partial charge in [0.25, 0.3) is 0 Å². The Morgan fingerprint density at radius 3 is 2.70 bits per heavy atom. The average molecular weight is 295 g/mol. The van der Waals surface area contributed by atoms with Crippen LogP contribution in [0.25, 0.3) is 0 Å². The molecule has 0 radical (unpaired) electrons. The summed E-state index contributed by atoms with van der Waals surface area (Å²) in [5.74, 6) is 0.905. The van der Waals surface area contributed by atoms with Crippen LogP contribution in [-0.2, 0) is 19.5 Å². The SMILES string of the molecule is CCCNCc1sc(CN2CCC(C)CC2)nc1CC. The molecule has 1 aliphatic rings. The topological polar surface area (TPSA) is 28.2 Å². The smallest absolute Gasteiger partial charge is 0.107 e. The van der Waals surface area contributed by atoms with Crippen molar-refractivity contribution in [2.75, 3.05) is 19.6 Å². The third-order valence-corrected chi connectivity index (χ3v) is 5.19. The third kappa shape index (κ3) is 4.54. The van der Waals surface area contributed by atoms with Crippen molar-refractivity contribution in [1.82, 2.24) is 15.2 Å². The van der Waals surface area contributed by atoms with Gasteiger partial charge in [0.05, 0.1) is 12.2 Å². The van der Waals surface area contributed by atoms with Gasteiger partial charge >= 0.3 is 0 Å². The molecule has 0 amide bonds. The molecule has 1 N–H and O–H groups in total. The maximum atomic E-state index is 4.86. The van der Waals surface area contributed by atoms with E-state index in [1.807, 2.05) is 11.3 Å². The molecule has 1 aromatic heterocycles.